The lowest BCUT2D eigenvalue weighted by Crippen LogP contribution is -2.48. The Labute approximate surface area is 175 Å². The minimum Gasteiger partial charge on any atom is -0.387 e. The van der Waals surface area contributed by atoms with E-state index in [2.05, 4.69) is 63.0 Å². The fraction of sp³-hybridized carbons (Fsp3) is 0.346. The SMILES string of the molecule is C=C(C)/C(C)=C(\NC)c1cc(C(=O)N2CC(c3ccc(C)cc3)C2)c(C)cc1C. The fourth-order valence-electron chi connectivity index (χ4n) is 3.95. The molecule has 3 nitrogen and oxygen atoms in total. The molecule has 1 heterocycles. The van der Waals surface area contributed by atoms with Crippen molar-refractivity contribution in [3.05, 3.63) is 87.5 Å². The maximum absolute atomic E-state index is 13.2. The first-order chi connectivity index (χ1) is 13.7. The Hall–Kier alpha value is -2.81. The molecule has 1 aliphatic heterocycles. The lowest BCUT2D eigenvalue weighted by atomic mass is 9.89. The van der Waals surface area contributed by atoms with Crippen LogP contribution >= 0.6 is 0 Å². The van der Waals surface area contributed by atoms with Crippen LogP contribution in [-0.2, 0) is 0 Å². The second-order valence-corrected chi connectivity index (χ2v) is 8.33. The standard InChI is InChI=1S/C26H32N2O/c1-16(2)20(6)25(27-7)23-13-24(19(5)12-18(23)4)26(29)28-14-22(15-28)21-10-8-17(3)9-11-21/h8-13,22,27H,1,14-15H2,2-7H3/b25-20-. The van der Waals surface area contributed by atoms with Gasteiger partial charge in [-0.2, -0.15) is 0 Å². The van der Waals surface area contributed by atoms with Crippen LogP contribution in [0.2, 0.25) is 0 Å². The van der Waals surface area contributed by atoms with Gasteiger partial charge in [-0.15, -0.1) is 0 Å². The molecule has 0 bridgehead atoms. The number of aryl methyl sites for hydroxylation is 3. The van der Waals surface area contributed by atoms with Gasteiger partial charge in [0.05, 0.1) is 0 Å². The van der Waals surface area contributed by atoms with Crippen LogP contribution in [0.1, 0.15) is 57.9 Å². The third kappa shape index (κ3) is 4.14. The van der Waals surface area contributed by atoms with Crippen LogP contribution in [0.15, 0.2) is 54.1 Å². The number of nitrogens with zero attached hydrogens (tertiary/aromatic N) is 1. The number of rotatable bonds is 5. The Morgan fingerprint density at radius 2 is 1.59 bits per heavy atom. The molecule has 1 amide bonds. The van der Waals surface area contributed by atoms with Gasteiger partial charge in [0, 0.05) is 42.9 Å². The summed E-state index contributed by atoms with van der Waals surface area (Å²) < 4.78 is 0. The van der Waals surface area contributed by atoms with E-state index < -0.39 is 0 Å². The van der Waals surface area contributed by atoms with E-state index in [1.165, 1.54) is 11.1 Å². The van der Waals surface area contributed by atoms with Crippen molar-refractivity contribution in [3.63, 3.8) is 0 Å². The molecule has 2 aromatic rings. The summed E-state index contributed by atoms with van der Waals surface area (Å²) in [6, 6.07) is 12.8. The molecule has 0 spiro atoms. The average molecular weight is 389 g/mol. The predicted octanol–water partition coefficient (Wildman–Crippen LogP) is 5.38. The zero-order valence-electron chi connectivity index (χ0n) is 18.5. The van der Waals surface area contributed by atoms with Gasteiger partial charge in [-0.25, -0.2) is 0 Å². The van der Waals surface area contributed by atoms with Crippen molar-refractivity contribution >= 4 is 11.6 Å². The third-order valence-electron chi connectivity index (χ3n) is 6.05. The molecule has 1 aliphatic rings. The van der Waals surface area contributed by atoms with E-state index in [0.717, 1.165) is 52.2 Å². The predicted molar refractivity (Wildman–Crippen MR) is 122 cm³/mol. The van der Waals surface area contributed by atoms with E-state index in [1.807, 2.05) is 31.9 Å². The fourth-order valence-corrected chi connectivity index (χ4v) is 3.95. The zero-order chi connectivity index (χ0) is 21.3. The highest BCUT2D eigenvalue weighted by molar-refractivity contribution is 5.97. The Kier molecular flexibility index (Phi) is 5.97. The topological polar surface area (TPSA) is 32.3 Å². The van der Waals surface area contributed by atoms with Crippen LogP contribution in [0.4, 0.5) is 0 Å². The minimum absolute atomic E-state index is 0.121. The number of carbonyl (C=O) groups excluding carboxylic acids is 1. The van der Waals surface area contributed by atoms with Crippen molar-refractivity contribution in [2.24, 2.45) is 0 Å². The number of hydrogen-bond acceptors (Lipinski definition) is 2. The van der Waals surface area contributed by atoms with E-state index in [4.69, 9.17) is 0 Å². The lowest BCUT2D eigenvalue weighted by molar-refractivity contribution is 0.0601. The van der Waals surface area contributed by atoms with Gasteiger partial charge in [0.25, 0.3) is 5.91 Å². The molecular weight excluding hydrogens is 356 g/mol. The van der Waals surface area contributed by atoms with Gasteiger partial charge < -0.3 is 10.2 Å². The Balaban J connectivity index is 1.86. The van der Waals surface area contributed by atoms with Gasteiger partial charge in [-0.05, 0) is 62.9 Å². The summed E-state index contributed by atoms with van der Waals surface area (Å²) in [7, 11) is 1.92. The molecule has 0 saturated carbocycles. The molecule has 3 rings (SSSR count). The highest BCUT2D eigenvalue weighted by Crippen LogP contribution is 2.31. The Bertz CT molecular complexity index is 977. The van der Waals surface area contributed by atoms with Gasteiger partial charge >= 0.3 is 0 Å². The molecule has 1 fully saturated rings. The molecule has 1 N–H and O–H groups in total. The van der Waals surface area contributed by atoms with E-state index >= 15 is 0 Å². The monoisotopic (exact) mass is 388 g/mol. The second-order valence-electron chi connectivity index (χ2n) is 8.33. The molecule has 3 heteroatoms. The first-order valence-electron chi connectivity index (χ1n) is 10.2. The number of hydrogen-bond donors (Lipinski definition) is 1. The van der Waals surface area contributed by atoms with Gasteiger partial charge in [0.2, 0.25) is 0 Å². The van der Waals surface area contributed by atoms with Crippen LogP contribution in [0.25, 0.3) is 5.70 Å². The number of allylic oxidation sites excluding steroid dienone is 2. The van der Waals surface area contributed by atoms with Crippen molar-refractivity contribution in [2.45, 2.75) is 40.5 Å². The quantitative estimate of drug-likeness (QED) is 0.698. The molecule has 1 saturated heterocycles. The van der Waals surface area contributed by atoms with Crippen LogP contribution in [0.3, 0.4) is 0 Å². The molecular formula is C26H32N2O. The summed E-state index contributed by atoms with van der Waals surface area (Å²) in [6.07, 6.45) is 0. The molecule has 0 aliphatic carbocycles. The Morgan fingerprint density at radius 1 is 1.00 bits per heavy atom. The number of nitrogens with one attached hydrogen (secondary N) is 1. The van der Waals surface area contributed by atoms with Crippen LogP contribution < -0.4 is 5.32 Å². The Morgan fingerprint density at radius 3 is 2.14 bits per heavy atom. The molecule has 2 aromatic carbocycles. The summed E-state index contributed by atoms with van der Waals surface area (Å²) >= 11 is 0. The maximum atomic E-state index is 13.2. The van der Waals surface area contributed by atoms with Crippen molar-refractivity contribution in [3.8, 4) is 0 Å². The molecule has 0 atom stereocenters. The van der Waals surface area contributed by atoms with Crippen LogP contribution in [0.5, 0.6) is 0 Å². The summed E-state index contributed by atoms with van der Waals surface area (Å²) in [4.78, 5) is 15.2. The van der Waals surface area contributed by atoms with Gasteiger partial charge in [-0.3, -0.25) is 4.79 Å². The van der Waals surface area contributed by atoms with Crippen LogP contribution in [-0.4, -0.2) is 30.9 Å². The number of likely N-dealkylation sites (tertiary alicyclic amines) is 1. The van der Waals surface area contributed by atoms with E-state index in [-0.39, 0.29) is 5.91 Å². The zero-order valence-corrected chi connectivity index (χ0v) is 18.5. The summed E-state index contributed by atoms with van der Waals surface area (Å²) in [5, 5.41) is 3.31. The largest absolute Gasteiger partial charge is 0.387 e. The third-order valence-corrected chi connectivity index (χ3v) is 6.05. The molecule has 0 aromatic heterocycles. The average Bonchev–Trinajstić information content (AvgIpc) is 2.63. The van der Waals surface area contributed by atoms with Gasteiger partial charge in [0.1, 0.15) is 0 Å². The first-order valence-corrected chi connectivity index (χ1v) is 10.2. The van der Waals surface area contributed by atoms with Crippen molar-refractivity contribution < 1.29 is 4.79 Å². The number of benzene rings is 2. The van der Waals surface area contributed by atoms with Crippen LogP contribution in [0, 0.1) is 20.8 Å². The summed E-state index contributed by atoms with van der Waals surface area (Å²) in [5.41, 5.74) is 9.79. The van der Waals surface area contributed by atoms with E-state index in [0.29, 0.717) is 5.92 Å². The van der Waals surface area contributed by atoms with Crippen molar-refractivity contribution in [1.82, 2.24) is 10.2 Å². The van der Waals surface area contributed by atoms with E-state index in [9.17, 15) is 4.79 Å². The van der Waals surface area contributed by atoms with Gasteiger partial charge in [0.15, 0.2) is 0 Å². The molecule has 29 heavy (non-hydrogen) atoms. The van der Waals surface area contributed by atoms with Crippen molar-refractivity contribution in [1.29, 1.82) is 0 Å². The summed E-state index contributed by atoms with van der Waals surface area (Å²) in [6.45, 7) is 15.9. The molecule has 0 unspecified atom stereocenters. The maximum Gasteiger partial charge on any atom is 0.254 e. The second kappa shape index (κ2) is 8.28. The molecule has 0 radical (unpaired) electrons. The normalized spacial score (nSPS) is 14.9. The highest BCUT2D eigenvalue weighted by atomic mass is 16.2. The lowest BCUT2D eigenvalue weighted by Gasteiger charge is -2.40. The first kappa shape index (κ1) is 20.9. The van der Waals surface area contributed by atoms with Gasteiger partial charge in [-0.1, -0.05) is 48.0 Å². The van der Waals surface area contributed by atoms with E-state index in [1.54, 1.807) is 0 Å². The van der Waals surface area contributed by atoms with Crippen molar-refractivity contribution in [2.75, 3.05) is 20.1 Å². The number of carbonyl (C=O) groups is 1. The smallest absolute Gasteiger partial charge is 0.254 e. The summed E-state index contributed by atoms with van der Waals surface area (Å²) in [5.74, 6) is 0.554. The number of amides is 1. The minimum atomic E-state index is 0.121. The molecule has 152 valence electrons. The highest BCUT2D eigenvalue weighted by Gasteiger charge is 2.33.